The maximum atomic E-state index is 13.1. The number of Topliss-reactive ketones (excluding diaryl/α,β-unsaturated/α-hetero) is 1. The molecule has 2 heterocycles. The third-order valence-electron chi connectivity index (χ3n) is 5.16. The molecule has 30 heavy (non-hydrogen) atoms. The Morgan fingerprint density at radius 2 is 1.80 bits per heavy atom. The highest BCUT2D eigenvalue weighted by Crippen LogP contribution is 2.44. The van der Waals surface area contributed by atoms with Gasteiger partial charge in [-0.05, 0) is 38.5 Å². The Kier molecular flexibility index (Phi) is 5.22. The van der Waals surface area contributed by atoms with E-state index in [-0.39, 0.29) is 11.3 Å². The highest BCUT2D eigenvalue weighted by molar-refractivity contribution is 7.16. The third-order valence-corrected chi connectivity index (χ3v) is 6.46. The Balaban J connectivity index is 1.96. The number of aliphatic hydroxyl groups excluding tert-OH is 1. The number of nitrogens with zero attached hydrogens (tertiary/aromatic N) is 2. The van der Waals surface area contributed by atoms with Crippen LogP contribution < -0.4 is 4.90 Å². The number of anilines is 1. The summed E-state index contributed by atoms with van der Waals surface area (Å²) in [5, 5.41) is 11.9. The van der Waals surface area contributed by atoms with Crippen LogP contribution in [0.2, 0.25) is 5.02 Å². The Hall–Kier alpha value is -2.96. The highest BCUT2D eigenvalue weighted by atomic mass is 35.5. The molecule has 1 fully saturated rings. The number of aryl methyl sites for hydroxylation is 3. The van der Waals surface area contributed by atoms with Crippen LogP contribution in [0, 0.1) is 20.8 Å². The summed E-state index contributed by atoms with van der Waals surface area (Å²) in [5.41, 5.74) is 2.93. The maximum absolute atomic E-state index is 13.1. The monoisotopic (exact) mass is 438 g/mol. The fourth-order valence-corrected chi connectivity index (χ4v) is 4.58. The molecule has 1 aliphatic heterocycles. The van der Waals surface area contributed by atoms with E-state index in [1.165, 1.54) is 16.2 Å². The standard InChI is InChI=1S/C23H19ClN2O3S/c1-12-7-9-15(10-8-12)20(27)18-19(16-5-4-6-17(24)11-16)26(22(29)21(18)28)23-25-13(2)14(3)30-23/h4-11,19,27H,1-3H3/t19-/m0/s1. The molecule has 1 amide bonds. The van der Waals surface area contributed by atoms with Crippen molar-refractivity contribution in [1.29, 1.82) is 0 Å². The molecule has 0 bridgehead atoms. The Labute approximate surface area is 183 Å². The second-order valence-corrected chi connectivity index (χ2v) is 8.85. The van der Waals surface area contributed by atoms with Gasteiger partial charge in [0.05, 0.1) is 17.3 Å². The summed E-state index contributed by atoms with van der Waals surface area (Å²) in [6.07, 6.45) is 0. The average Bonchev–Trinajstić information content (AvgIpc) is 3.18. The Morgan fingerprint density at radius 1 is 1.10 bits per heavy atom. The first kappa shape index (κ1) is 20.3. The minimum Gasteiger partial charge on any atom is -0.507 e. The number of aromatic nitrogens is 1. The van der Waals surface area contributed by atoms with Gasteiger partial charge < -0.3 is 5.11 Å². The van der Waals surface area contributed by atoms with Crippen molar-refractivity contribution in [2.45, 2.75) is 26.8 Å². The van der Waals surface area contributed by atoms with Gasteiger partial charge in [-0.25, -0.2) is 4.98 Å². The lowest BCUT2D eigenvalue weighted by molar-refractivity contribution is -0.132. The van der Waals surface area contributed by atoms with Gasteiger partial charge in [0, 0.05) is 15.5 Å². The number of carbonyl (C=O) groups excluding carboxylic acids is 2. The number of hydrogen-bond acceptors (Lipinski definition) is 5. The van der Waals surface area contributed by atoms with Crippen molar-refractivity contribution in [3.8, 4) is 0 Å². The number of thiazole rings is 1. The van der Waals surface area contributed by atoms with Crippen LogP contribution >= 0.6 is 22.9 Å². The molecule has 0 saturated carbocycles. The normalized spacial score (nSPS) is 18.3. The van der Waals surface area contributed by atoms with Crippen molar-refractivity contribution in [3.05, 3.63) is 86.4 Å². The number of hydrogen-bond donors (Lipinski definition) is 1. The fraction of sp³-hybridized carbons (Fsp3) is 0.174. The second-order valence-electron chi connectivity index (χ2n) is 7.23. The Bertz CT molecular complexity index is 1180. The zero-order valence-electron chi connectivity index (χ0n) is 16.6. The number of rotatable bonds is 3. The van der Waals surface area contributed by atoms with Crippen LogP contribution in [0.5, 0.6) is 0 Å². The van der Waals surface area contributed by atoms with Gasteiger partial charge in [0.2, 0.25) is 0 Å². The molecule has 1 atom stereocenters. The first-order valence-electron chi connectivity index (χ1n) is 9.35. The van der Waals surface area contributed by atoms with Crippen molar-refractivity contribution in [2.75, 3.05) is 4.90 Å². The van der Waals surface area contributed by atoms with Crippen molar-refractivity contribution in [3.63, 3.8) is 0 Å². The lowest BCUT2D eigenvalue weighted by atomic mass is 9.95. The van der Waals surface area contributed by atoms with Gasteiger partial charge >= 0.3 is 5.91 Å². The number of halogens is 1. The molecular weight excluding hydrogens is 420 g/mol. The van der Waals surface area contributed by atoms with Crippen LogP contribution in [-0.2, 0) is 9.59 Å². The summed E-state index contributed by atoms with van der Waals surface area (Å²) in [5.74, 6) is -1.68. The molecule has 2 aromatic carbocycles. The summed E-state index contributed by atoms with van der Waals surface area (Å²) in [6, 6.07) is 13.3. The van der Waals surface area contributed by atoms with E-state index in [0.717, 1.165) is 16.1 Å². The van der Waals surface area contributed by atoms with E-state index >= 15 is 0 Å². The van der Waals surface area contributed by atoms with Gasteiger partial charge in [0.1, 0.15) is 5.76 Å². The number of ketones is 1. The zero-order valence-corrected chi connectivity index (χ0v) is 18.2. The molecule has 152 valence electrons. The summed E-state index contributed by atoms with van der Waals surface area (Å²) in [7, 11) is 0. The van der Waals surface area contributed by atoms with E-state index in [1.807, 2.05) is 32.9 Å². The van der Waals surface area contributed by atoms with E-state index < -0.39 is 17.7 Å². The molecule has 0 spiro atoms. The SMILES string of the molecule is Cc1ccc(C(O)=C2C(=O)C(=O)N(c3nc(C)c(C)s3)[C@H]2c2cccc(Cl)c2)cc1. The summed E-state index contributed by atoms with van der Waals surface area (Å²) in [4.78, 5) is 32.9. The topological polar surface area (TPSA) is 70.5 Å². The minimum absolute atomic E-state index is 0.0247. The van der Waals surface area contributed by atoms with Crippen molar-refractivity contribution < 1.29 is 14.7 Å². The minimum atomic E-state index is -0.824. The molecule has 0 unspecified atom stereocenters. The molecule has 0 aliphatic carbocycles. The zero-order chi connectivity index (χ0) is 21.6. The van der Waals surface area contributed by atoms with Gasteiger partial charge in [-0.3, -0.25) is 14.5 Å². The number of amides is 1. The quantitative estimate of drug-likeness (QED) is 0.340. The molecule has 0 radical (unpaired) electrons. The van der Waals surface area contributed by atoms with Gasteiger partial charge in [-0.15, -0.1) is 11.3 Å². The number of benzene rings is 2. The van der Waals surface area contributed by atoms with Crippen LogP contribution in [0.3, 0.4) is 0 Å². The molecule has 1 aliphatic rings. The van der Waals surface area contributed by atoms with E-state index in [4.69, 9.17) is 11.6 Å². The summed E-state index contributed by atoms with van der Waals surface area (Å²) < 4.78 is 0. The van der Waals surface area contributed by atoms with Crippen molar-refractivity contribution >= 4 is 45.5 Å². The van der Waals surface area contributed by atoms with Gasteiger partial charge in [0.25, 0.3) is 5.78 Å². The lowest BCUT2D eigenvalue weighted by Crippen LogP contribution is -2.29. The van der Waals surface area contributed by atoms with Crippen LogP contribution in [0.4, 0.5) is 5.13 Å². The van der Waals surface area contributed by atoms with E-state index in [9.17, 15) is 14.7 Å². The lowest BCUT2D eigenvalue weighted by Gasteiger charge is -2.23. The van der Waals surface area contributed by atoms with Crippen LogP contribution in [0.15, 0.2) is 54.1 Å². The fourth-order valence-electron chi connectivity index (χ4n) is 3.45. The van der Waals surface area contributed by atoms with Crippen LogP contribution in [0.25, 0.3) is 5.76 Å². The van der Waals surface area contributed by atoms with Gasteiger partial charge in [0.15, 0.2) is 5.13 Å². The molecule has 3 aromatic rings. The second kappa shape index (κ2) is 7.70. The maximum Gasteiger partial charge on any atom is 0.301 e. The van der Waals surface area contributed by atoms with Crippen molar-refractivity contribution in [2.24, 2.45) is 0 Å². The van der Waals surface area contributed by atoms with Crippen LogP contribution in [-0.4, -0.2) is 21.8 Å². The largest absolute Gasteiger partial charge is 0.507 e. The van der Waals surface area contributed by atoms with Crippen LogP contribution in [0.1, 0.15) is 33.3 Å². The smallest absolute Gasteiger partial charge is 0.301 e. The predicted octanol–water partition coefficient (Wildman–Crippen LogP) is 5.35. The van der Waals surface area contributed by atoms with E-state index in [0.29, 0.717) is 21.3 Å². The highest BCUT2D eigenvalue weighted by Gasteiger charge is 2.48. The third kappa shape index (κ3) is 3.42. The molecule has 7 heteroatoms. The van der Waals surface area contributed by atoms with E-state index in [1.54, 1.807) is 36.4 Å². The number of aliphatic hydroxyl groups is 1. The van der Waals surface area contributed by atoms with E-state index in [2.05, 4.69) is 4.98 Å². The molecular formula is C23H19ClN2O3S. The summed E-state index contributed by atoms with van der Waals surface area (Å²) >= 11 is 7.54. The average molecular weight is 439 g/mol. The molecule has 1 N–H and O–H groups in total. The molecule has 4 rings (SSSR count). The molecule has 1 saturated heterocycles. The first-order valence-corrected chi connectivity index (χ1v) is 10.5. The molecule has 5 nitrogen and oxygen atoms in total. The van der Waals surface area contributed by atoms with Crippen molar-refractivity contribution in [1.82, 2.24) is 4.98 Å². The molecule has 1 aromatic heterocycles. The number of carbonyl (C=O) groups is 2. The first-order chi connectivity index (χ1) is 14.3. The van der Waals surface area contributed by atoms with Gasteiger partial charge in [-0.2, -0.15) is 0 Å². The van der Waals surface area contributed by atoms with Gasteiger partial charge in [-0.1, -0.05) is 53.6 Å². The summed E-state index contributed by atoms with van der Waals surface area (Å²) in [6.45, 7) is 5.70. The Morgan fingerprint density at radius 3 is 2.40 bits per heavy atom. The predicted molar refractivity (Wildman–Crippen MR) is 119 cm³/mol.